The monoisotopic (exact) mass is 198 g/mol. The third-order valence-electron chi connectivity index (χ3n) is 2.58. The highest BCUT2D eigenvalue weighted by atomic mass is 32.1. The van der Waals surface area contributed by atoms with E-state index >= 15 is 0 Å². The fourth-order valence-corrected chi connectivity index (χ4v) is 2.12. The topological polar surface area (TPSA) is 52.0 Å². The van der Waals surface area contributed by atoms with Crippen molar-refractivity contribution < 1.29 is 0 Å². The Hall–Kier alpha value is -0.570. The molecule has 0 aromatic rings. The maximum atomic E-state index is 5.80. The van der Waals surface area contributed by atoms with Crippen molar-refractivity contribution in [1.29, 1.82) is 0 Å². The number of thiocarbonyl (C=S) groups is 1. The molecule has 74 valence electrons. The van der Waals surface area contributed by atoms with Gasteiger partial charge in [-0.1, -0.05) is 44.3 Å². The highest BCUT2D eigenvalue weighted by molar-refractivity contribution is 7.80. The summed E-state index contributed by atoms with van der Waals surface area (Å²) in [5.74, 6) is 0.763. The molecule has 1 rings (SSSR count). The lowest BCUT2D eigenvalue weighted by Gasteiger charge is -2.21. The predicted molar refractivity (Wildman–Crippen MR) is 60.2 cm³/mol. The molecule has 13 heavy (non-hydrogen) atoms. The average Bonchev–Trinajstić information content (AvgIpc) is 2.04. The second-order valence-electron chi connectivity index (χ2n) is 3.83. The van der Waals surface area contributed by atoms with Crippen LogP contribution in [-0.2, 0) is 0 Å². The van der Waals surface area contributed by atoms with Crippen LogP contribution in [0.25, 0.3) is 0 Å². The Morgan fingerprint density at radius 1 is 1.23 bits per heavy atom. The van der Waals surface area contributed by atoms with Crippen LogP contribution >= 0.6 is 12.2 Å². The van der Waals surface area contributed by atoms with Crippen molar-refractivity contribution in [3.8, 4) is 0 Å². The SMILES string of the molecule is NC(=S)/C=C(\N)CC1CCCCC1. The Bertz CT molecular complexity index is 205. The highest BCUT2D eigenvalue weighted by Crippen LogP contribution is 2.27. The molecular weight excluding hydrogens is 180 g/mol. The van der Waals surface area contributed by atoms with Crippen molar-refractivity contribution in [2.75, 3.05) is 0 Å². The van der Waals surface area contributed by atoms with E-state index in [0.29, 0.717) is 4.99 Å². The van der Waals surface area contributed by atoms with E-state index < -0.39 is 0 Å². The van der Waals surface area contributed by atoms with E-state index in [1.165, 1.54) is 32.1 Å². The Labute approximate surface area is 85.4 Å². The van der Waals surface area contributed by atoms with E-state index in [9.17, 15) is 0 Å². The van der Waals surface area contributed by atoms with Gasteiger partial charge in [0.15, 0.2) is 0 Å². The number of hydrogen-bond donors (Lipinski definition) is 2. The number of nitrogens with two attached hydrogens (primary N) is 2. The largest absolute Gasteiger partial charge is 0.402 e. The average molecular weight is 198 g/mol. The molecule has 1 aliphatic carbocycles. The van der Waals surface area contributed by atoms with Gasteiger partial charge in [0.2, 0.25) is 0 Å². The lowest BCUT2D eigenvalue weighted by Crippen LogP contribution is -2.13. The molecule has 0 unspecified atom stereocenters. The molecular formula is C10H18N2S. The van der Waals surface area contributed by atoms with Gasteiger partial charge in [-0.3, -0.25) is 0 Å². The molecule has 1 aliphatic rings. The van der Waals surface area contributed by atoms with Crippen molar-refractivity contribution in [2.24, 2.45) is 17.4 Å². The number of allylic oxidation sites excluding steroid dienone is 1. The summed E-state index contributed by atoms with van der Waals surface area (Å²) in [5, 5.41) is 0. The summed E-state index contributed by atoms with van der Waals surface area (Å²) in [6, 6.07) is 0. The molecule has 0 bridgehead atoms. The third kappa shape index (κ3) is 4.27. The second-order valence-corrected chi connectivity index (χ2v) is 4.30. The molecule has 4 N–H and O–H groups in total. The summed E-state index contributed by atoms with van der Waals surface area (Å²) in [5.41, 5.74) is 12.0. The van der Waals surface area contributed by atoms with E-state index in [-0.39, 0.29) is 0 Å². The summed E-state index contributed by atoms with van der Waals surface area (Å²) in [4.78, 5) is 0.397. The van der Waals surface area contributed by atoms with E-state index in [4.69, 9.17) is 23.7 Å². The van der Waals surface area contributed by atoms with Crippen molar-refractivity contribution in [1.82, 2.24) is 0 Å². The maximum Gasteiger partial charge on any atom is 0.0979 e. The smallest absolute Gasteiger partial charge is 0.0979 e. The van der Waals surface area contributed by atoms with Gasteiger partial charge in [0.1, 0.15) is 0 Å². The van der Waals surface area contributed by atoms with Gasteiger partial charge in [0, 0.05) is 5.70 Å². The molecule has 0 heterocycles. The molecule has 1 saturated carbocycles. The second kappa shape index (κ2) is 5.22. The van der Waals surface area contributed by atoms with E-state index in [1.54, 1.807) is 6.08 Å². The summed E-state index contributed by atoms with van der Waals surface area (Å²) in [7, 11) is 0. The van der Waals surface area contributed by atoms with Crippen LogP contribution in [0.3, 0.4) is 0 Å². The molecule has 0 atom stereocenters. The summed E-state index contributed by atoms with van der Waals surface area (Å²) >= 11 is 4.76. The molecule has 0 amide bonds. The van der Waals surface area contributed by atoms with Gasteiger partial charge in [0.25, 0.3) is 0 Å². The fraction of sp³-hybridized carbons (Fsp3) is 0.700. The van der Waals surface area contributed by atoms with Crippen molar-refractivity contribution in [2.45, 2.75) is 38.5 Å². The molecule has 0 aromatic carbocycles. The van der Waals surface area contributed by atoms with Crippen LogP contribution in [-0.4, -0.2) is 4.99 Å². The summed E-state index contributed by atoms with van der Waals surface area (Å²) in [6.07, 6.45) is 9.39. The number of rotatable bonds is 3. The van der Waals surface area contributed by atoms with Crippen molar-refractivity contribution in [3.05, 3.63) is 11.8 Å². The molecule has 2 nitrogen and oxygen atoms in total. The summed E-state index contributed by atoms with van der Waals surface area (Å²) < 4.78 is 0. The van der Waals surface area contributed by atoms with Gasteiger partial charge < -0.3 is 11.5 Å². The van der Waals surface area contributed by atoms with Gasteiger partial charge in [-0.2, -0.15) is 0 Å². The molecule has 0 aliphatic heterocycles. The first-order chi connectivity index (χ1) is 6.18. The quantitative estimate of drug-likeness (QED) is 0.539. The zero-order valence-corrected chi connectivity index (χ0v) is 8.78. The van der Waals surface area contributed by atoms with E-state index in [1.807, 2.05) is 0 Å². The Morgan fingerprint density at radius 3 is 2.38 bits per heavy atom. The fourth-order valence-electron chi connectivity index (χ4n) is 1.97. The van der Waals surface area contributed by atoms with Crippen LogP contribution in [0.2, 0.25) is 0 Å². The van der Waals surface area contributed by atoms with Crippen LogP contribution < -0.4 is 11.5 Å². The Kier molecular flexibility index (Phi) is 4.22. The molecule has 0 spiro atoms. The molecule has 1 fully saturated rings. The first-order valence-corrected chi connectivity index (χ1v) is 5.35. The minimum atomic E-state index is 0.397. The maximum absolute atomic E-state index is 5.80. The van der Waals surface area contributed by atoms with Gasteiger partial charge in [-0.15, -0.1) is 0 Å². The van der Waals surface area contributed by atoms with Crippen LogP contribution in [0.1, 0.15) is 38.5 Å². The minimum Gasteiger partial charge on any atom is -0.402 e. The standard InChI is InChI=1S/C10H18N2S/c11-9(7-10(12)13)6-8-4-2-1-3-5-8/h7-8H,1-6,11H2,(H2,12,13)/b9-7-. The summed E-state index contributed by atoms with van der Waals surface area (Å²) in [6.45, 7) is 0. The Balaban J connectivity index is 2.33. The normalized spacial score (nSPS) is 20.2. The van der Waals surface area contributed by atoms with Gasteiger partial charge in [-0.05, 0) is 18.4 Å². The highest BCUT2D eigenvalue weighted by Gasteiger charge is 2.13. The lowest BCUT2D eigenvalue weighted by atomic mass is 9.86. The van der Waals surface area contributed by atoms with Gasteiger partial charge in [-0.25, -0.2) is 0 Å². The number of hydrogen-bond acceptors (Lipinski definition) is 2. The molecule has 0 aromatic heterocycles. The van der Waals surface area contributed by atoms with Crippen molar-refractivity contribution >= 4 is 17.2 Å². The van der Waals surface area contributed by atoms with E-state index in [0.717, 1.165) is 18.0 Å². The predicted octanol–water partition coefficient (Wildman–Crippen LogP) is 2.09. The molecule has 0 saturated heterocycles. The van der Waals surface area contributed by atoms with Crippen molar-refractivity contribution in [3.63, 3.8) is 0 Å². The molecule has 3 heteroatoms. The minimum absolute atomic E-state index is 0.397. The zero-order valence-electron chi connectivity index (χ0n) is 7.96. The van der Waals surface area contributed by atoms with Crippen LogP contribution in [0, 0.1) is 5.92 Å². The molecule has 0 radical (unpaired) electrons. The van der Waals surface area contributed by atoms with E-state index in [2.05, 4.69) is 0 Å². The van der Waals surface area contributed by atoms with Gasteiger partial charge in [0.05, 0.1) is 4.99 Å². The zero-order chi connectivity index (χ0) is 9.68. The first kappa shape index (κ1) is 10.5. The first-order valence-electron chi connectivity index (χ1n) is 4.94. The lowest BCUT2D eigenvalue weighted by molar-refractivity contribution is 0.355. The van der Waals surface area contributed by atoms with Gasteiger partial charge >= 0.3 is 0 Å². The third-order valence-corrected chi connectivity index (χ3v) is 2.69. The van der Waals surface area contributed by atoms with Crippen LogP contribution in [0.15, 0.2) is 11.8 Å². The Morgan fingerprint density at radius 2 is 1.85 bits per heavy atom. The van der Waals surface area contributed by atoms with Crippen LogP contribution in [0.5, 0.6) is 0 Å². The van der Waals surface area contributed by atoms with Crippen LogP contribution in [0.4, 0.5) is 0 Å².